The molecule has 3 nitrogen and oxygen atoms in total. The van der Waals surface area contributed by atoms with Gasteiger partial charge in [-0.05, 0) is 19.2 Å². The van der Waals surface area contributed by atoms with Crippen molar-refractivity contribution in [3.05, 3.63) is 29.6 Å². The Balaban J connectivity index is 3.12. The Morgan fingerprint density at radius 1 is 1.53 bits per heavy atom. The van der Waals surface area contributed by atoms with E-state index in [2.05, 4.69) is 10.3 Å². The molecule has 0 bridgehead atoms. The highest BCUT2D eigenvalue weighted by molar-refractivity contribution is 5.98. The van der Waals surface area contributed by atoms with Crippen LogP contribution in [0.15, 0.2) is 18.3 Å². The maximum Gasteiger partial charge on any atom is 0.434 e. The van der Waals surface area contributed by atoms with Crippen molar-refractivity contribution in [2.45, 2.75) is 6.18 Å². The Morgan fingerprint density at radius 3 is 2.73 bits per heavy atom. The summed E-state index contributed by atoms with van der Waals surface area (Å²) in [6, 6.07) is 2.42. The fraction of sp³-hybridized carbons (Fsp3) is 0.333. The van der Waals surface area contributed by atoms with Gasteiger partial charge in [-0.1, -0.05) is 0 Å². The van der Waals surface area contributed by atoms with Crippen LogP contribution in [0.25, 0.3) is 0 Å². The highest BCUT2D eigenvalue weighted by atomic mass is 19.4. The molecule has 0 atom stereocenters. The number of pyridine rings is 1. The molecule has 1 aromatic rings. The van der Waals surface area contributed by atoms with E-state index in [9.17, 15) is 18.0 Å². The van der Waals surface area contributed by atoms with Crippen molar-refractivity contribution in [2.24, 2.45) is 0 Å². The minimum atomic E-state index is -4.60. The standard InChI is InChI=1S/C9H9F3N2O/c1-13-5-7(15)6-3-2-4-14-8(6)9(10,11)12/h2-4,13H,5H2,1H3. The van der Waals surface area contributed by atoms with E-state index in [4.69, 9.17) is 0 Å². The second-order valence-corrected chi connectivity index (χ2v) is 2.85. The first-order valence-electron chi connectivity index (χ1n) is 4.17. The van der Waals surface area contributed by atoms with Gasteiger partial charge in [-0.3, -0.25) is 9.78 Å². The van der Waals surface area contributed by atoms with Crippen molar-refractivity contribution in [3.8, 4) is 0 Å². The van der Waals surface area contributed by atoms with Gasteiger partial charge in [0.15, 0.2) is 11.5 Å². The Kier molecular flexibility index (Phi) is 3.41. The number of nitrogens with one attached hydrogen (secondary N) is 1. The average Bonchev–Trinajstić information content (AvgIpc) is 2.17. The summed E-state index contributed by atoms with van der Waals surface area (Å²) in [5.41, 5.74) is -1.54. The molecule has 1 rings (SSSR count). The smallest absolute Gasteiger partial charge is 0.313 e. The zero-order valence-corrected chi connectivity index (χ0v) is 7.93. The van der Waals surface area contributed by atoms with E-state index in [-0.39, 0.29) is 6.54 Å². The molecule has 1 N–H and O–H groups in total. The molecule has 0 fully saturated rings. The molecule has 0 aliphatic heterocycles. The largest absolute Gasteiger partial charge is 0.434 e. The van der Waals surface area contributed by atoms with E-state index in [1.807, 2.05) is 0 Å². The van der Waals surface area contributed by atoms with Gasteiger partial charge in [0, 0.05) is 11.8 Å². The monoisotopic (exact) mass is 218 g/mol. The molecular formula is C9H9F3N2O. The first-order chi connectivity index (χ1) is 6.96. The van der Waals surface area contributed by atoms with Crippen molar-refractivity contribution in [2.75, 3.05) is 13.6 Å². The molecular weight excluding hydrogens is 209 g/mol. The van der Waals surface area contributed by atoms with Crippen LogP contribution in [0.4, 0.5) is 13.2 Å². The van der Waals surface area contributed by atoms with Crippen LogP contribution in [0.3, 0.4) is 0 Å². The number of Topliss-reactive ketones (excluding diaryl/α,β-unsaturated/α-hetero) is 1. The van der Waals surface area contributed by atoms with E-state index in [1.54, 1.807) is 0 Å². The van der Waals surface area contributed by atoms with E-state index in [0.29, 0.717) is 0 Å². The molecule has 0 saturated carbocycles. The van der Waals surface area contributed by atoms with Crippen LogP contribution in [0.1, 0.15) is 16.1 Å². The lowest BCUT2D eigenvalue weighted by Crippen LogP contribution is -2.23. The first kappa shape index (κ1) is 11.6. The summed E-state index contributed by atoms with van der Waals surface area (Å²) in [7, 11) is 1.49. The minimum absolute atomic E-state index is 0.144. The molecule has 0 spiro atoms. The summed E-state index contributed by atoms with van der Waals surface area (Å²) in [6.45, 7) is -0.144. The van der Waals surface area contributed by atoms with Crippen molar-refractivity contribution in [3.63, 3.8) is 0 Å². The number of likely N-dealkylation sites (N-methyl/N-ethyl adjacent to an activating group) is 1. The second-order valence-electron chi connectivity index (χ2n) is 2.85. The third-order valence-electron chi connectivity index (χ3n) is 1.71. The van der Waals surface area contributed by atoms with Crippen LogP contribution in [-0.2, 0) is 6.18 Å². The van der Waals surface area contributed by atoms with Crippen molar-refractivity contribution in [1.29, 1.82) is 0 Å². The van der Waals surface area contributed by atoms with Gasteiger partial charge in [0.05, 0.1) is 6.54 Å². The number of hydrogen-bond donors (Lipinski definition) is 1. The molecule has 1 heterocycles. The fourth-order valence-electron chi connectivity index (χ4n) is 1.11. The number of carbonyl (C=O) groups is 1. The van der Waals surface area contributed by atoms with Gasteiger partial charge in [0.25, 0.3) is 0 Å². The lowest BCUT2D eigenvalue weighted by Gasteiger charge is -2.09. The number of ketones is 1. The third kappa shape index (κ3) is 2.76. The van der Waals surface area contributed by atoms with Gasteiger partial charge in [0.1, 0.15) is 0 Å². The van der Waals surface area contributed by atoms with Crippen molar-refractivity contribution >= 4 is 5.78 Å². The number of halogens is 3. The summed E-state index contributed by atoms with van der Waals surface area (Å²) in [6.07, 6.45) is -3.58. The predicted molar refractivity (Wildman–Crippen MR) is 47.5 cm³/mol. The molecule has 0 aliphatic carbocycles. The Bertz CT molecular complexity index is 363. The molecule has 15 heavy (non-hydrogen) atoms. The minimum Gasteiger partial charge on any atom is -0.313 e. The van der Waals surface area contributed by atoms with Crippen LogP contribution in [0.2, 0.25) is 0 Å². The summed E-state index contributed by atoms with van der Waals surface area (Å²) in [5.74, 6) is -0.627. The van der Waals surface area contributed by atoms with Crippen LogP contribution in [0, 0.1) is 0 Å². The highest BCUT2D eigenvalue weighted by Crippen LogP contribution is 2.29. The third-order valence-corrected chi connectivity index (χ3v) is 1.71. The van der Waals surface area contributed by atoms with Gasteiger partial charge in [-0.25, -0.2) is 0 Å². The Labute approximate surface area is 84.3 Å². The van der Waals surface area contributed by atoms with E-state index in [1.165, 1.54) is 13.1 Å². The number of alkyl halides is 3. The first-order valence-corrected chi connectivity index (χ1v) is 4.17. The molecule has 0 radical (unpaired) electrons. The van der Waals surface area contributed by atoms with Crippen LogP contribution in [-0.4, -0.2) is 24.4 Å². The van der Waals surface area contributed by atoms with E-state index in [0.717, 1.165) is 12.3 Å². The second kappa shape index (κ2) is 4.39. The van der Waals surface area contributed by atoms with Crippen molar-refractivity contribution in [1.82, 2.24) is 10.3 Å². The van der Waals surface area contributed by atoms with Gasteiger partial charge < -0.3 is 5.32 Å². The van der Waals surface area contributed by atoms with E-state index < -0.39 is 23.2 Å². The summed E-state index contributed by atoms with van der Waals surface area (Å²) in [5, 5.41) is 2.50. The number of carbonyl (C=O) groups excluding carboxylic acids is 1. The molecule has 0 saturated heterocycles. The summed E-state index contributed by atoms with van der Waals surface area (Å²) < 4.78 is 37.2. The average molecular weight is 218 g/mol. The molecule has 82 valence electrons. The number of rotatable bonds is 3. The molecule has 0 unspecified atom stereocenters. The topological polar surface area (TPSA) is 42.0 Å². The number of nitrogens with zero attached hydrogens (tertiary/aromatic N) is 1. The van der Waals surface area contributed by atoms with Gasteiger partial charge in [-0.15, -0.1) is 0 Å². The van der Waals surface area contributed by atoms with E-state index >= 15 is 0 Å². The quantitative estimate of drug-likeness (QED) is 0.782. The van der Waals surface area contributed by atoms with Gasteiger partial charge >= 0.3 is 6.18 Å². The van der Waals surface area contributed by atoms with Crippen LogP contribution >= 0.6 is 0 Å². The highest BCUT2D eigenvalue weighted by Gasteiger charge is 2.36. The lowest BCUT2D eigenvalue weighted by atomic mass is 10.1. The van der Waals surface area contributed by atoms with Crippen LogP contribution < -0.4 is 5.32 Å². The summed E-state index contributed by atoms with van der Waals surface area (Å²) >= 11 is 0. The van der Waals surface area contributed by atoms with Gasteiger partial charge in [-0.2, -0.15) is 13.2 Å². The number of aromatic nitrogens is 1. The zero-order valence-electron chi connectivity index (χ0n) is 7.93. The Hall–Kier alpha value is -1.43. The van der Waals surface area contributed by atoms with Gasteiger partial charge in [0.2, 0.25) is 0 Å². The molecule has 0 aliphatic rings. The Morgan fingerprint density at radius 2 is 2.20 bits per heavy atom. The SMILES string of the molecule is CNCC(=O)c1cccnc1C(F)(F)F. The summed E-state index contributed by atoms with van der Waals surface area (Å²) in [4.78, 5) is 14.5. The molecule has 0 amide bonds. The maximum absolute atomic E-state index is 12.4. The van der Waals surface area contributed by atoms with Crippen LogP contribution in [0.5, 0.6) is 0 Å². The lowest BCUT2D eigenvalue weighted by molar-refractivity contribution is -0.141. The number of hydrogen-bond acceptors (Lipinski definition) is 3. The fourth-order valence-corrected chi connectivity index (χ4v) is 1.11. The molecule has 1 aromatic heterocycles. The molecule has 6 heteroatoms. The zero-order chi connectivity index (χ0) is 11.5. The maximum atomic E-state index is 12.4. The normalized spacial score (nSPS) is 11.5. The van der Waals surface area contributed by atoms with Crippen molar-refractivity contribution < 1.29 is 18.0 Å². The molecule has 0 aromatic carbocycles. The predicted octanol–water partition coefficient (Wildman–Crippen LogP) is 1.50.